The Balaban J connectivity index is 2.28. The molecule has 0 radical (unpaired) electrons. The normalized spacial score (nSPS) is 20.1. The third-order valence-electron chi connectivity index (χ3n) is 2.52. The molecule has 2 rings (SSSR count). The summed E-state index contributed by atoms with van der Waals surface area (Å²) in [6, 6.07) is 4.19. The molecule has 5 heteroatoms. The minimum atomic E-state index is 0.230. The van der Waals surface area contributed by atoms with Crippen LogP contribution in [0.25, 0.3) is 0 Å². The smallest absolute Gasteiger partial charge is 0.152 e. The molecule has 0 aliphatic carbocycles. The van der Waals surface area contributed by atoms with Gasteiger partial charge >= 0.3 is 0 Å². The van der Waals surface area contributed by atoms with Gasteiger partial charge < -0.3 is 4.74 Å². The van der Waals surface area contributed by atoms with E-state index in [0.29, 0.717) is 6.61 Å². The van der Waals surface area contributed by atoms with Crippen LogP contribution in [-0.4, -0.2) is 29.4 Å². The van der Waals surface area contributed by atoms with Crippen LogP contribution < -0.4 is 5.01 Å². The molecule has 0 aromatic carbocycles. The zero-order chi connectivity index (χ0) is 11.5. The Labute approximate surface area is 103 Å². The molecule has 0 saturated carbocycles. The van der Waals surface area contributed by atoms with E-state index in [1.54, 1.807) is 13.3 Å². The summed E-state index contributed by atoms with van der Waals surface area (Å²) in [6.07, 6.45) is 2.65. The summed E-state index contributed by atoms with van der Waals surface area (Å²) >= 11 is 3.44. The van der Waals surface area contributed by atoms with Gasteiger partial charge in [-0.2, -0.15) is 5.10 Å². The number of hydrazone groups is 1. The van der Waals surface area contributed by atoms with Gasteiger partial charge in [0.25, 0.3) is 0 Å². The maximum atomic E-state index is 5.20. The van der Waals surface area contributed by atoms with Crippen molar-refractivity contribution in [1.82, 2.24) is 4.98 Å². The summed E-state index contributed by atoms with van der Waals surface area (Å²) in [4.78, 5) is 4.37. The topological polar surface area (TPSA) is 37.7 Å². The van der Waals surface area contributed by atoms with Crippen LogP contribution in [0.5, 0.6) is 0 Å². The summed E-state index contributed by atoms with van der Waals surface area (Å²) in [7, 11) is 1.70. The van der Waals surface area contributed by atoms with E-state index in [1.807, 2.05) is 24.1 Å². The Kier molecular flexibility index (Phi) is 3.56. The van der Waals surface area contributed by atoms with Gasteiger partial charge in [0.05, 0.1) is 12.6 Å². The highest BCUT2D eigenvalue weighted by molar-refractivity contribution is 9.18. The van der Waals surface area contributed by atoms with Crippen molar-refractivity contribution in [3.05, 3.63) is 23.9 Å². The lowest BCUT2D eigenvalue weighted by molar-refractivity contribution is 0.181. The molecule has 1 atom stereocenters. The molecule has 1 unspecified atom stereocenters. The van der Waals surface area contributed by atoms with Gasteiger partial charge in [-0.3, -0.25) is 0 Å². The predicted octanol–water partition coefficient (Wildman–Crippen LogP) is 2.32. The maximum Gasteiger partial charge on any atom is 0.152 e. The Morgan fingerprint density at radius 3 is 3.12 bits per heavy atom. The molecule has 1 aliphatic rings. The molecular formula is C11H14BrN3O. The first-order valence-electron chi connectivity index (χ1n) is 5.15. The number of ether oxygens (including phenoxy) is 1. The van der Waals surface area contributed by atoms with Crippen molar-refractivity contribution in [3.8, 4) is 0 Å². The highest BCUT2D eigenvalue weighted by Gasteiger charge is 2.28. The van der Waals surface area contributed by atoms with Gasteiger partial charge in [0, 0.05) is 19.7 Å². The van der Waals surface area contributed by atoms with E-state index in [0.717, 1.165) is 22.4 Å². The van der Waals surface area contributed by atoms with E-state index in [1.165, 1.54) is 0 Å². The van der Waals surface area contributed by atoms with Crippen LogP contribution in [0.3, 0.4) is 0 Å². The molecule has 1 aromatic heterocycles. The molecule has 86 valence electrons. The number of halogens is 1. The fraction of sp³-hybridized carbons (Fsp3) is 0.455. The number of methoxy groups -OCH3 is 1. The van der Waals surface area contributed by atoms with Gasteiger partial charge in [-0.1, -0.05) is 6.07 Å². The monoisotopic (exact) mass is 283 g/mol. The summed E-state index contributed by atoms with van der Waals surface area (Å²) in [5.41, 5.74) is 1.12. The van der Waals surface area contributed by atoms with Crippen molar-refractivity contribution < 1.29 is 4.74 Å². The summed E-state index contributed by atoms with van der Waals surface area (Å²) in [5, 5.41) is 6.38. The van der Waals surface area contributed by atoms with E-state index < -0.39 is 0 Å². The quantitative estimate of drug-likeness (QED) is 0.855. The van der Waals surface area contributed by atoms with E-state index in [2.05, 4.69) is 26.0 Å². The molecule has 0 fully saturated rings. The molecule has 1 aliphatic heterocycles. The number of aromatic nitrogens is 1. The Morgan fingerprint density at radius 1 is 1.62 bits per heavy atom. The number of pyridine rings is 1. The van der Waals surface area contributed by atoms with Gasteiger partial charge in [-0.15, -0.1) is 0 Å². The van der Waals surface area contributed by atoms with Crippen LogP contribution in [-0.2, 0) is 4.74 Å². The average Bonchev–Trinajstić information content (AvgIpc) is 2.61. The fourth-order valence-electron chi connectivity index (χ4n) is 1.78. The van der Waals surface area contributed by atoms with Gasteiger partial charge in [0.1, 0.15) is 4.62 Å². The average molecular weight is 284 g/mol. The van der Waals surface area contributed by atoms with Gasteiger partial charge in [-0.25, -0.2) is 9.99 Å². The zero-order valence-electron chi connectivity index (χ0n) is 9.35. The Morgan fingerprint density at radius 2 is 2.44 bits per heavy atom. The number of rotatable bonds is 3. The van der Waals surface area contributed by atoms with Gasteiger partial charge in [0.2, 0.25) is 0 Å². The summed E-state index contributed by atoms with van der Waals surface area (Å²) in [5.74, 6) is 0.902. The summed E-state index contributed by atoms with van der Waals surface area (Å²) < 4.78 is 6.15. The Bertz CT molecular complexity index is 408. The predicted molar refractivity (Wildman–Crippen MR) is 68.1 cm³/mol. The number of hydrogen-bond acceptors (Lipinski definition) is 4. The van der Waals surface area contributed by atoms with E-state index >= 15 is 0 Å². The van der Waals surface area contributed by atoms with E-state index in [4.69, 9.17) is 4.74 Å². The van der Waals surface area contributed by atoms with Crippen LogP contribution in [0.4, 0.5) is 5.82 Å². The molecule has 0 N–H and O–H groups in total. The van der Waals surface area contributed by atoms with Crippen molar-refractivity contribution in [1.29, 1.82) is 0 Å². The molecule has 1 aromatic rings. The van der Waals surface area contributed by atoms with Crippen LogP contribution >= 0.6 is 15.9 Å². The molecule has 4 nitrogen and oxygen atoms in total. The van der Waals surface area contributed by atoms with Crippen molar-refractivity contribution in [3.63, 3.8) is 0 Å². The first kappa shape index (κ1) is 11.5. The van der Waals surface area contributed by atoms with Crippen molar-refractivity contribution >= 4 is 26.4 Å². The van der Waals surface area contributed by atoms with Gasteiger partial charge in [0.15, 0.2) is 5.82 Å². The molecule has 0 amide bonds. The lowest BCUT2D eigenvalue weighted by Gasteiger charge is -2.22. The van der Waals surface area contributed by atoms with E-state index in [9.17, 15) is 0 Å². The molecule has 2 heterocycles. The molecule has 0 bridgehead atoms. The molecule has 0 saturated heterocycles. The SMILES string of the molecule is COCC1CC(Br)=NN1c1ncccc1C. The number of nitrogens with zero attached hydrogens (tertiary/aromatic N) is 3. The molecule has 0 spiro atoms. The highest BCUT2D eigenvalue weighted by atomic mass is 79.9. The first-order chi connectivity index (χ1) is 7.72. The minimum Gasteiger partial charge on any atom is -0.382 e. The van der Waals surface area contributed by atoms with Gasteiger partial charge in [-0.05, 0) is 34.5 Å². The Hall–Kier alpha value is -0.940. The lowest BCUT2D eigenvalue weighted by Crippen LogP contribution is -2.31. The third kappa shape index (κ3) is 2.25. The standard InChI is InChI=1S/C11H14BrN3O/c1-8-4-3-5-13-11(8)15-9(7-16-2)6-10(12)14-15/h3-5,9H,6-7H2,1-2H3. The molecular weight excluding hydrogens is 270 g/mol. The zero-order valence-corrected chi connectivity index (χ0v) is 10.9. The highest BCUT2D eigenvalue weighted by Crippen LogP contribution is 2.26. The number of aryl methyl sites for hydroxylation is 1. The number of hydrogen-bond donors (Lipinski definition) is 0. The third-order valence-corrected chi connectivity index (χ3v) is 3.01. The van der Waals surface area contributed by atoms with Crippen molar-refractivity contribution in [2.24, 2.45) is 5.10 Å². The second kappa shape index (κ2) is 4.93. The van der Waals surface area contributed by atoms with Crippen LogP contribution in [0.15, 0.2) is 23.4 Å². The van der Waals surface area contributed by atoms with Crippen molar-refractivity contribution in [2.75, 3.05) is 18.7 Å². The van der Waals surface area contributed by atoms with E-state index in [-0.39, 0.29) is 6.04 Å². The van der Waals surface area contributed by atoms with Crippen LogP contribution in [0, 0.1) is 6.92 Å². The second-order valence-corrected chi connectivity index (χ2v) is 4.69. The number of anilines is 1. The lowest BCUT2D eigenvalue weighted by atomic mass is 10.2. The van der Waals surface area contributed by atoms with Crippen LogP contribution in [0.1, 0.15) is 12.0 Å². The minimum absolute atomic E-state index is 0.230. The second-order valence-electron chi connectivity index (χ2n) is 3.78. The summed E-state index contributed by atoms with van der Waals surface area (Å²) in [6.45, 7) is 2.68. The van der Waals surface area contributed by atoms with Crippen molar-refractivity contribution in [2.45, 2.75) is 19.4 Å². The molecule has 16 heavy (non-hydrogen) atoms. The fourth-order valence-corrected chi connectivity index (χ4v) is 2.32. The largest absolute Gasteiger partial charge is 0.382 e. The first-order valence-corrected chi connectivity index (χ1v) is 5.94. The van der Waals surface area contributed by atoms with Crippen LogP contribution in [0.2, 0.25) is 0 Å². The maximum absolute atomic E-state index is 5.20.